The van der Waals surface area contributed by atoms with Crippen LogP contribution in [0.1, 0.15) is 11.1 Å². The van der Waals surface area contributed by atoms with Crippen molar-refractivity contribution in [2.75, 3.05) is 12.4 Å². The van der Waals surface area contributed by atoms with Crippen molar-refractivity contribution in [1.82, 2.24) is 0 Å². The molecular weight excluding hydrogens is 271 g/mol. The van der Waals surface area contributed by atoms with Crippen molar-refractivity contribution < 1.29 is 13.9 Å². The molecule has 2 aromatic carbocycles. The van der Waals surface area contributed by atoms with Crippen molar-refractivity contribution in [2.45, 2.75) is 6.42 Å². The van der Waals surface area contributed by atoms with Gasteiger partial charge in [-0.2, -0.15) is 5.26 Å². The Morgan fingerprint density at radius 2 is 2.10 bits per heavy atom. The Morgan fingerprint density at radius 3 is 2.76 bits per heavy atom. The van der Waals surface area contributed by atoms with E-state index in [1.807, 2.05) is 6.07 Å². The molecule has 0 aliphatic carbocycles. The fourth-order valence-electron chi connectivity index (χ4n) is 1.87. The third-order valence-corrected chi connectivity index (χ3v) is 2.91. The van der Waals surface area contributed by atoms with Crippen LogP contribution in [0, 0.1) is 17.1 Å². The smallest absolute Gasteiger partial charge is 0.229 e. The Morgan fingerprint density at radius 1 is 1.33 bits per heavy atom. The van der Waals surface area contributed by atoms with Gasteiger partial charge in [-0.3, -0.25) is 4.79 Å². The summed E-state index contributed by atoms with van der Waals surface area (Å²) >= 11 is 0. The lowest BCUT2D eigenvalue weighted by Gasteiger charge is -2.10. The van der Waals surface area contributed by atoms with Crippen molar-refractivity contribution >= 4 is 11.6 Å². The average molecular weight is 284 g/mol. The van der Waals surface area contributed by atoms with Gasteiger partial charge in [-0.15, -0.1) is 0 Å². The van der Waals surface area contributed by atoms with Crippen LogP contribution in [0.5, 0.6) is 5.75 Å². The number of amides is 1. The summed E-state index contributed by atoms with van der Waals surface area (Å²) in [6.45, 7) is 0. The molecule has 0 unspecified atom stereocenters. The standard InChI is InChI=1S/C16H13FN2O2/c1-21-15-8-11(10-18)6-7-14(15)19-16(20)9-12-4-2-3-5-13(12)17/h2-8H,9H2,1H3,(H,19,20). The Labute approximate surface area is 121 Å². The maximum atomic E-state index is 13.5. The molecule has 2 aromatic rings. The fraction of sp³-hybridized carbons (Fsp3) is 0.125. The summed E-state index contributed by atoms with van der Waals surface area (Å²) in [5, 5.41) is 11.5. The molecule has 2 rings (SSSR count). The highest BCUT2D eigenvalue weighted by Crippen LogP contribution is 2.25. The summed E-state index contributed by atoms with van der Waals surface area (Å²) < 4.78 is 18.6. The Kier molecular flexibility index (Phi) is 4.52. The van der Waals surface area contributed by atoms with E-state index in [-0.39, 0.29) is 12.3 Å². The molecule has 0 heterocycles. The highest BCUT2D eigenvalue weighted by atomic mass is 19.1. The lowest BCUT2D eigenvalue weighted by molar-refractivity contribution is -0.115. The number of ether oxygens (including phenoxy) is 1. The Hall–Kier alpha value is -2.87. The highest BCUT2D eigenvalue weighted by Gasteiger charge is 2.11. The number of benzene rings is 2. The third kappa shape index (κ3) is 3.57. The van der Waals surface area contributed by atoms with Gasteiger partial charge in [0.25, 0.3) is 0 Å². The minimum absolute atomic E-state index is 0.0736. The normalized spacial score (nSPS) is 9.76. The Bertz CT molecular complexity index is 708. The van der Waals surface area contributed by atoms with Gasteiger partial charge in [0.2, 0.25) is 5.91 Å². The first kappa shape index (κ1) is 14.5. The minimum Gasteiger partial charge on any atom is -0.495 e. The molecule has 0 aliphatic heterocycles. The summed E-state index contributed by atoms with van der Waals surface area (Å²) in [4.78, 5) is 12.0. The topological polar surface area (TPSA) is 62.1 Å². The molecule has 0 fully saturated rings. The van der Waals surface area contributed by atoms with Crippen molar-refractivity contribution in [3.05, 3.63) is 59.4 Å². The number of hydrogen-bond acceptors (Lipinski definition) is 3. The van der Waals surface area contributed by atoms with Gasteiger partial charge in [-0.1, -0.05) is 18.2 Å². The summed E-state index contributed by atoms with van der Waals surface area (Å²) in [6.07, 6.45) is -0.0736. The lowest BCUT2D eigenvalue weighted by atomic mass is 10.1. The minimum atomic E-state index is -0.417. The molecule has 5 heteroatoms. The van der Waals surface area contributed by atoms with Gasteiger partial charge in [0.15, 0.2) is 0 Å². The van der Waals surface area contributed by atoms with Crippen molar-refractivity contribution in [3.63, 3.8) is 0 Å². The van der Waals surface area contributed by atoms with E-state index in [1.165, 1.54) is 19.2 Å². The quantitative estimate of drug-likeness (QED) is 0.939. The number of rotatable bonds is 4. The second kappa shape index (κ2) is 6.53. The average Bonchev–Trinajstić information content (AvgIpc) is 2.50. The van der Waals surface area contributed by atoms with E-state index >= 15 is 0 Å². The van der Waals surface area contributed by atoms with Gasteiger partial charge in [-0.25, -0.2) is 4.39 Å². The molecule has 106 valence electrons. The predicted molar refractivity (Wildman–Crippen MR) is 76.4 cm³/mol. The zero-order valence-electron chi connectivity index (χ0n) is 11.4. The van der Waals surface area contributed by atoms with Crippen LogP contribution in [0.2, 0.25) is 0 Å². The number of halogens is 1. The molecule has 21 heavy (non-hydrogen) atoms. The van der Waals surface area contributed by atoms with Gasteiger partial charge >= 0.3 is 0 Å². The van der Waals surface area contributed by atoms with Crippen LogP contribution >= 0.6 is 0 Å². The van der Waals surface area contributed by atoms with Gasteiger partial charge in [0.05, 0.1) is 30.9 Å². The highest BCUT2D eigenvalue weighted by molar-refractivity contribution is 5.93. The van der Waals surface area contributed by atoms with Crippen LogP contribution in [0.3, 0.4) is 0 Å². The molecule has 1 N–H and O–H groups in total. The molecule has 0 spiro atoms. The molecule has 0 radical (unpaired) electrons. The first-order chi connectivity index (χ1) is 10.1. The molecule has 0 atom stereocenters. The van der Waals surface area contributed by atoms with E-state index < -0.39 is 5.82 Å². The number of carbonyl (C=O) groups is 1. The van der Waals surface area contributed by atoms with E-state index in [9.17, 15) is 9.18 Å². The van der Waals surface area contributed by atoms with Crippen LogP contribution in [0.15, 0.2) is 42.5 Å². The van der Waals surface area contributed by atoms with E-state index in [2.05, 4.69) is 5.32 Å². The summed E-state index contributed by atoms with van der Waals surface area (Å²) in [5.74, 6) is -0.390. The number of hydrogen-bond donors (Lipinski definition) is 1. The first-order valence-corrected chi connectivity index (χ1v) is 6.25. The number of methoxy groups -OCH3 is 1. The van der Waals surface area contributed by atoms with Gasteiger partial charge in [0.1, 0.15) is 11.6 Å². The molecule has 0 saturated heterocycles. The first-order valence-electron chi connectivity index (χ1n) is 6.25. The largest absolute Gasteiger partial charge is 0.495 e. The van der Waals surface area contributed by atoms with E-state index in [0.29, 0.717) is 22.6 Å². The maximum absolute atomic E-state index is 13.5. The molecule has 0 saturated carbocycles. The summed E-state index contributed by atoms with van der Waals surface area (Å²) in [5.41, 5.74) is 1.19. The maximum Gasteiger partial charge on any atom is 0.229 e. The second-order valence-corrected chi connectivity index (χ2v) is 4.34. The molecule has 0 bridgehead atoms. The van der Waals surface area contributed by atoms with E-state index in [0.717, 1.165) is 0 Å². The fourth-order valence-corrected chi connectivity index (χ4v) is 1.87. The van der Waals surface area contributed by atoms with E-state index in [1.54, 1.807) is 30.3 Å². The zero-order valence-corrected chi connectivity index (χ0v) is 11.4. The molecular formula is C16H13FN2O2. The lowest BCUT2D eigenvalue weighted by Crippen LogP contribution is -2.15. The SMILES string of the molecule is COc1cc(C#N)ccc1NC(=O)Cc1ccccc1F. The molecule has 4 nitrogen and oxygen atoms in total. The molecule has 0 aromatic heterocycles. The van der Waals surface area contributed by atoms with Crippen LogP contribution in [0.4, 0.5) is 10.1 Å². The third-order valence-electron chi connectivity index (χ3n) is 2.91. The second-order valence-electron chi connectivity index (χ2n) is 4.34. The number of nitriles is 1. The number of nitrogens with zero attached hydrogens (tertiary/aromatic N) is 1. The zero-order chi connectivity index (χ0) is 15.2. The van der Waals surface area contributed by atoms with Gasteiger partial charge < -0.3 is 10.1 Å². The molecule has 1 amide bonds. The Balaban J connectivity index is 2.13. The van der Waals surface area contributed by atoms with Crippen molar-refractivity contribution in [3.8, 4) is 11.8 Å². The van der Waals surface area contributed by atoms with Crippen LogP contribution in [-0.4, -0.2) is 13.0 Å². The van der Waals surface area contributed by atoms with Crippen molar-refractivity contribution in [2.24, 2.45) is 0 Å². The number of carbonyl (C=O) groups excluding carboxylic acids is 1. The summed E-state index contributed by atoms with van der Waals surface area (Å²) in [6, 6.07) is 12.8. The van der Waals surface area contributed by atoms with Gasteiger partial charge in [-0.05, 0) is 23.8 Å². The van der Waals surface area contributed by atoms with Crippen molar-refractivity contribution in [1.29, 1.82) is 5.26 Å². The van der Waals surface area contributed by atoms with Crippen LogP contribution < -0.4 is 10.1 Å². The number of nitrogens with one attached hydrogen (secondary N) is 1. The predicted octanol–water partition coefficient (Wildman–Crippen LogP) is 2.89. The monoisotopic (exact) mass is 284 g/mol. The van der Waals surface area contributed by atoms with Crippen LogP contribution in [-0.2, 0) is 11.2 Å². The van der Waals surface area contributed by atoms with Gasteiger partial charge in [0, 0.05) is 6.07 Å². The summed E-state index contributed by atoms with van der Waals surface area (Å²) in [7, 11) is 1.45. The van der Waals surface area contributed by atoms with Crippen LogP contribution in [0.25, 0.3) is 0 Å². The van der Waals surface area contributed by atoms with E-state index in [4.69, 9.17) is 10.00 Å². The number of anilines is 1. The molecule has 0 aliphatic rings.